The summed E-state index contributed by atoms with van der Waals surface area (Å²) in [5, 5.41) is 0.708. The number of hydrogen-bond acceptors (Lipinski definition) is 4. The fourth-order valence-corrected chi connectivity index (χ4v) is 1.87. The van der Waals surface area contributed by atoms with E-state index in [0.29, 0.717) is 5.23 Å². The zero-order valence-electron chi connectivity index (χ0n) is 10.2. The van der Waals surface area contributed by atoms with Gasteiger partial charge in [0.2, 0.25) is 0 Å². The topological polar surface area (TPSA) is 55.8 Å². The first-order valence-corrected chi connectivity index (χ1v) is 6.00. The summed E-state index contributed by atoms with van der Waals surface area (Å²) in [5.74, 6) is -1.07. The van der Waals surface area contributed by atoms with Crippen LogP contribution in [0.15, 0.2) is 12.7 Å². The maximum absolute atomic E-state index is 12.0. The standard InChI is InChI=1S/C12H19NO4/c1-3-11(14)17-13(16-4-2)12(15)10-8-6-5-7-9-10/h3,10H,1,4-9H2,2H3. The molecule has 1 aliphatic carbocycles. The van der Waals surface area contributed by atoms with Crippen molar-refractivity contribution in [3.8, 4) is 0 Å². The van der Waals surface area contributed by atoms with Crippen LogP contribution in [0, 0.1) is 5.92 Å². The van der Waals surface area contributed by atoms with Gasteiger partial charge in [-0.25, -0.2) is 9.63 Å². The molecule has 0 saturated heterocycles. The van der Waals surface area contributed by atoms with Crippen LogP contribution in [0.2, 0.25) is 0 Å². The molecule has 0 heterocycles. The van der Waals surface area contributed by atoms with Crippen molar-refractivity contribution in [3.05, 3.63) is 12.7 Å². The molecular weight excluding hydrogens is 222 g/mol. The highest BCUT2D eigenvalue weighted by molar-refractivity contribution is 5.84. The Labute approximate surface area is 101 Å². The SMILES string of the molecule is C=CC(=O)ON(OCC)C(=O)C1CCCCC1. The zero-order valence-corrected chi connectivity index (χ0v) is 10.2. The zero-order chi connectivity index (χ0) is 12.7. The lowest BCUT2D eigenvalue weighted by molar-refractivity contribution is -0.321. The Morgan fingerprint density at radius 3 is 2.53 bits per heavy atom. The molecule has 1 aliphatic rings. The molecule has 0 spiro atoms. The molecule has 0 aliphatic heterocycles. The van der Waals surface area contributed by atoms with Crippen LogP contribution in [0.5, 0.6) is 0 Å². The molecule has 0 radical (unpaired) electrons. The van der Waals surface area contributed by atoms with Crippen LogP contribution in [0.3, 0.4) is 0 Å². The maximum atomic E-state index is 12.0. The van der Waals surface area contributed by atoms with E-state index in [4.69, 9.17) is 9.68 Å². The average Bonchev–Trinajstić information content (AvgIpc) is 2.38. The van der Waals surface area contributed by atoms with E-state index in [-0.39, 0.29) is 18.4 Å². The normalized spacial score (nSPS) is 16.3. The molecule has 1 fully saturated rings. The Morgan fingerprint density at radius 2 is 2.00 bits per heavy atom. The van der Waals surface area contributed by atoms with Crippen molar-refractivity contribution in [2.24, 2.45) is 5.92 Å². The Morgan fingerprint density at radius 1 is 1.35 bits per heavy atom. The van der Waals surface area contributed by atoms with E-state index in [1.807, 2.05) is 0 Å². The molecular formula is C12H19NO4. The van der Waals surface area contributed by atoms with Crippen LogP contribution < -0.4 is 0 Å². The Bertz CT molecular complexity index is 284. The molecule has 0 atom stereocenters. The minimum absolute atomic E-state index is 0.104. The van der Waals surface area contributed by atoms with E-state index in [9.17, 15) is 9.59 Å². The maximum Gasteiger partial charge on any atom is 0.358 e. The quantitative estimate of drug-likeness (QED) is 0.558. The van der Waals surface area contributed by atoms with E-state index in [1.165, 1.54) is 0 Å². The second kappa shape index (κ2) is 7.06. The molecule has 17 heavy (non-hydrogen) atoms. The number of carbonyl (C=O) groups excluding carboxylic acids is 2. The van der Waals surface area contributed by atoms with Crippen LogP contribution in [-0.2, 0) is 19.3 Å². The summed E-state index contributed by atoms with van der Waals surface area (Å²) < 4.78 is 0. The van der Waals surface area contributed by atoms with Crippen LogP contribution in [0.4, 0.5) is 0 Å². The van der Waals surface area contributed by atoms with Crippen LogP contribution in [0.1, 0.15) is 39.0 Å². The second-order valence-corrected chi connectivity index (χ2v) is 3.96. The minimum atomic E-state index is -0.692. The summed E-state index contributed by atoms with van der Waals surface area (Å²) in [4.78, 5) is 32.9. The number of nitrogens with zero attached hydrogens (tertiary/aromatic N) is 1. The molecule has 1 amide bonds. The lowest BCUT2D eigenvalue weighted by Gasteiger charge is -2.25. The lowest BCUT2D eigenvalue weighted by Crippen LogP contribution is -2.38. The van der Waals surface area contributed by atoms with Crippen molar-refractivity contribution in [1.82, 2.24) is 5.23 Å². The van der Waals surface area contributed by atoms with E-state index in [1.54, 1.807) is 6.92 Å². The van der Waals surface area contributed by atoms with Gasteiger partial charge in [0.05, 0.1) is 6.61 Å². The van der Waals surface area contributed by atoms with Gasteiger partial charge >= 0.3 is 5.97 Å². The molecule has 0 bridgehead atoms. The molecule has 5 nitrogen and oxygen atoms in total. The molecule has 1 rings (SSSR count). The summed E-state index contributed by atoms with van der Waals surface area (Å²) in [6, 6.07) is 0. The first kappa shape index (κ1) is 13.7. The summed E-state index contributed by atoms with van der Waals surface area (Å²) >= 11 is 0. The molecule has 0 unspecified atom stereocenters. The molecule has 0 aromatic carbocycles. The van der Waals surface area contributed by atoms with Gasteiger partial charge in [-0.2, -0.15) is 0 Å². The number of carbonyl (C=O) groups is 2. The van der Waals surface area contributed by atoms with Crippen molar-refractivity contribution in [1.29, 1.82) is 0 Å². The highest BCUT2D eigenvalue weighted by atomic mass is 17.0. The van der Waals surface area contributed by atoms with Gasteiger partial charge in [0.1, 0.15) is 0 Å². The molecule has 0 aromatic heterocycles. The second-order valence-electron chi connectivity index (χ2n) is 3.96. The van der Waals surface area contributed by atoms with Crippen molar-refractivity contribution < 1.29 is 19.3 Å². The smallest absolute Gasteiger partial charge is 0.307 e. The fourth-order valence-electron chi connectivity index (χ4n) is 1.87. The van der Waals surface area contributed by atoms with Gasteiger partial charge in [-0.3, -0.25) is 4.79 Å². The monoisotopic (exact) mass is 241 g/mol. The Balaban J connectivity index is 2.57. The summed E-state index contributed by atoms with van der Waals surface area (Å²) in [6.07, 6.45) is 5.88. The third kappa shape index (κ3) is 4.19. The van der Waals surface area contributed by atoms with Crippen LogP contribution in [0.25, 0.3) is 0 Å². The predicted molar refractivity (Wildman–Crippen MR) is 61.3 cm³/mol. The van der Waals surface area contributed by atoms with Gasteiger partial charge in [0.25, 0.3) is 5.91 Å². The largest absolute Gasteiger partial charge is 0.358 e. The van der Waals surface area contributed by atoms with E-state index < -0.39 is 5.97 Å². The molecule has 96 valence electrons. The van der Waals surface area contributed by atoms with E-state index in [2.05, 4.69) is 6.58 Å². The van der Waals surface area contributed by atoms with E-state index in [0.717, 1.165) is 38.2 Å². The number of hydrogen-bond donors (Lipinski definition) is 0. The summed E-state index contributed by atoms with van der Waals surface area (Å²) in [7, 11) is 0. The van der Waals surface area contributed by atoms with Crippen molar-refractivity contribution >= 4 is 11.9 Å². The average molecular weight is 241 g/mol. The first-order chi connectivity index (χ1) is 8.19. The van der Waals surface area contributed by atoms with Gasteiger partial charge in [0.15, 0.2) is 0 Å². The van der Waals surface area contributed by atoms with Gasteiger partial charge < -0.3 is 4.84 Å². The molecule has 0 N–H and O–H groups in total. The lowest BCUT2D eigenvalue weighted by atomic mass is 9.89. The van der Waals surface area contributed by atoms with Gasteiger partial charge in [-0.05, 0) is 25.0 Å². The predicted octanol–water partition coefficient (Wildman–Crippen LogP) is 1.99. The Hall–Kier alpha value is -1.36. The van der Waals surface area contributed by atoms with Crippen LogP contribution >= 0.6 is 0 Å². The minimum Gasteiger partial charge on any atom is -0.307 e. The molecule has 0 aromatic rings. The molecule has 1 saturated carbocycles. The highest BCUT2D eigenvalue weighted by Gasteiger charge is 2.29. The number of hydroxylamine groups is 2. The molecule has 5 heteroatoms. The van der Waals surface area contributed by atoms with Crippen molar-refractivity contribution in [2.75, 3.05) is 6.61 Å². The number of rotatable bonds is 4. The third-order valence-electron chi connectivity index (χ3n) is 2.72. The Kier molecular flexibility index (Phi) is 5.69. The van der Waals surface area contributed by atoms with Crippen molar-refractivity contribution in [3.63, 3.8) is 0 Å². The third-order valence-corrected chi connectivity index (χ3v) is 2.72. The van der Waals surface area contributed by atoms with Crippen molar-refractivity contribution in [2.45, 2.75) is 39.0 Å². The van der Waals surface area contributed by atoms with Gasteiger partial charge in [-0.15, -0.1) is 0 Å². The van der Waals surface area contributed by atoms with Crippen LogP contribution in [-0.4, -0.2) is 23.7 Å². The van der Waals surface area contributed by atoms with Gasteiger partial charge in [0, 0.05) is 12.0 Å². The highest BCUT2D eigenvalue weighted by Crippen LogP contribution is 2.25. The first-order valence-electron chi connectivity index (χ1n) is 6.00. The summed E-state index contributed by atoms with van der Waals surface area (Å²) in [6.45, 7) is 5.27. The van der Waals surface area contributed by atoms with Gasteiger partial charge in [-0.1, -0.05) is 25.8 Å². The fraction of sp³-hybridized carbons (Fsp3) is 0.667. The van der Waals surface area contributed by atoms with E-state index >= 15 is 0 Å². The number of amides is 1. The summed E-state index contributed by atoms with van der Waals surface area (Å²) in [5.41, 5.74) is 0.